The zero-order valence-corrected chi connectivity index (χ0v) is 22.3. The Hall–Kier alpha value is -3.58. The Balaban J connectivity index is 0.00000294. The highest BCUT2D eigenvalue weighted by atomic mass is 35.5. The predicted octanol–water partition coefficient (Wildman–Crippen LogP) is 6.71. The maximum Gasteiger partial charge on any atom is 0.157 e. The minimum atomic E-state index is 0. The van der Waals surface area contributed by atoms with Crippen molar-refractivity contribution in [2.24, 2.45) is 0 Å². The molecule has 3 heterocycles. The first-order valence-electron chi connectivity index (χ1n) is 12.5. The second-order valence-corrected chi connectivity index (χ2v) is 9.54. The van der Waals surface area contributed by atoms with E-state index in [4.69, 9.17) is 31.0 Å². The van der Waals surface area contributed by atoms with E-state index in [0.717, 1.165) is 71.4 Å². The summed E-state index contributed by atoms with van der Waals surface area (Å²) in [6.07, 6.45) is 0.597. The summed E-state index contributed by atoms with van der Waals surface area (Å²) in [6.45, 7) is 3.80. The van der Waals surface area contributed by atoms with Crippen LogP contribution in [0.4, 0.5) is 5.69 Å². The molecular formula is C30H28Cl2N4O2. The van der Waals surface area contributed by atoms with Crippen LogP contribution in [-0.4, -0.2) is 41.3 Å². The Morgan fingerprint density at radius 2 is 1.74 bits per heavy atom. The summed E-state index contributed by atoms with van der Waals surface area (Å²) >= 11 is 6.34. The molecular weight excluding hydrogens is 519 g/mol. The van der Waals surface area contributed by atoms with Crippen molar-refractivity contribution in [3.8, 4) is 17.3 Å². The largest absolute Gasteiger partial charge is 0.489 e. The highest BCUT2D eigenvalue weighted by molar-refractivity contribution is 6.30. The van der Waals surface area contributed by atoms with E-state index in [1.807, 2.05) is 54.6 Å². The van der Waals surface area contributed by atoms with Crippen LogP contribution in [0.3, 0.4) is 0 Å². The average molecular weight is 547 g/mol. The Kier molecular flexibility index (Phi) is 8.13. The van der Waals surface area contributed by atoms with Gasteiger partial charge in [0.1, 0.15) is 18.1 Å². The molecule has 38 heavy (non-hydrogen) atoms. The Bertz CT molecular complexity index is 1520. The van der Waals surface area contributed by atoms with Gasteiger partial charge in [0.25, 0.3) is 0 Å². The van der Waals surface area contributed by atoms with Gasteiger partial charge in [0.05, 0.1) is 24.2 Å². The molecule has 0 aliphatic carbocycles. The third-order valence-corrected chi connectivity index (χ3v) is 6.76. The number of ether oxygens (including phenoxy) is 2. The fourth-order valence-corrected chi connectivity index (χ4v) is 4.80. The minimum Gasteiger partial charge on any atom is -0.489 e. The average Bonchev–Trinajstić information content (AvgIpc) is 3.38. The van der Waals surface area contributed by atoms with E-state index in [9.17, 15) is 0 Å². The number of imidazole rings is 1. The highest BCUT2D eigenvalue weighted by Gasteiger charge is 2.14. The second kappa shape index (κ2) is 11.9. The molecule has 2 aromatic heterocycles. The molecule has 0 amide bonds. The van der Waals surface area contributed by atoms with Crippen molar-refractivity contribution in [1.29, 1.82) is 0 Å². The van der Waals surface area contributed by atoms with Gasteiger partial charge >= 0.3 is 0 Å². The molecule has 8 heteroatoms. The third kappa shape index (κ3) is 5.94. The van der Waals surface area contributed by atoms with Crippen molar-refractivity contribution >= 4 is 40.7 Å². The first kappa shape index (κ1) is 26.0. The number of aromatic amines is 1. The molecule has 1 aliphatic heterocycles. The van der Waals surface area contributed by atoms with Crippen LogP contribution in [0.2, 0.25) is 5.02 Å². The van der Waals surface area contributed by atoms with Gasteiger partial charge in [0.2, 0.25) is 0 Å². The summed E-state index contributed by atoms with van der Waals surface area (Å²) in [5.74, 6) is 1.56. The number of nitrogens with one attached hydrogen (secondary N) is 1. The lowest BCUT2D eigenvalue weighted by molar-refractivity contribution is 0.122. The Morgan fingerprint density at radius 3 is 2.58 bits per heavy atom. The monoisotopic (exact) mass is 546 g/mol. The van der Waals surface area contributed by atoms with Crippen LogP contribution in [-0.2, 0) is 17.8 Å². The first-order chi connectivity index (χ1) is 18.2. The molecule has 1 saturated heterocycles. The van der Waals surface area contributed by atoms with E-state index < -0.39 is 0 Å². The van der Waals surface area contributed by atoms with Crippen LogP contribution in [0.25, 0.3) is 22.6 Å². The van der Waals surface area contributed by atoms with Crippen LogP contribution in [0, 0.1) is 0 Å². The van der Waals surface area contributed by atoms with Gasteiger partial charge in [-0.3, -0.25) is 0 Å². The minimum absolute atomic E-state index is 0. The molecule has 194 valence electrons. The first-order valence-corrected chi connectivity index (χ1v) is 12.8. The number of pyridine rings is 1. The molecule has 0 saturated carbocycles. The highest BCUT2D eigenvalue weighted by Crippen LogP contribution is 2.28. The van der Waals surface area contributed by atoms with Gasteiger partial charge in [0.15, 0.2) is 5.82 Å². The maximum atomic E-state index is 6.34. The van der Waals surface area contributed by atoms with Crippen LogP contribution >= 0.6 is 24.0 Å². The molecule has 6 rings (SSSR count). The van der Waals surface area contributed by atoms with Crippen molar-refractivity contribution in [1.82, 2.24) is 15.0 Å². The quantitative estimate of drug-likeness (QED) is 0.246. The third-order valence-electron chi connectivity index (χ3n) is 6.52. The van der Waals surface area contributed by atoms with E-state index in [-0.39, 0.29) is 12.4 Å². The zero-order chi connectivity index (χ0) is 25.0. The maximum absolute atomic E-state index is 6.34. The molecule has 1 fully saturated rings. The number of benzene rings is 3. The van der Waals surface area contributed by atoms with E-state index >= 15 is 0 Å². The number of halogens is 2. The van der Waals surface area contributed by atoms with Crippen LogP contribution < -0.4 is 9.64 Å². The smallest absolute Gasteiger partial charge is 0.157 e. The SMILES string of the molecule is Cl.Clc1ccc(OCc2ccccc2)c(Cc2cccc(-c3nc4cc(N5CCOCC5)ccc4[nH]3)n2)c1. The summed E-state index contributed by atoms with van der Waals surface area (Å²) < 4.78 is 11.6. The topological polar surface area (TPSA) is 63.3 Å². The molecule has 0 unspecified atom stereocenters. The number of morpholine rings is 1. The van der Waals surface area contributed by atoms with Crippen molar-refractivity contribution < 1.29 is 9.47 Å². The number of aromatic nitrogens is 3. The molecule has 5 aromatic rings. The lowest BCUT2D eigenvalue weighted by atomic mass is 10.1. The van der Waals surface area contributed by atoms with Gasteiger partial charge in [-0.15, -0.1) is 12.4 Å². The van der Waals surface area contributed by atoms with Crippen molar-refractivity contribution in [2.45, 2.75) is 13.0 Å². The number of rotatable bonds is 7. The molecule has 0 bridgehead atoms. The van der Waals surface area contributed by atoms with Crippen LogP contribution in [0.15, 0.2) is 84.9 Å². The van der Waals surface area contributed by atoms with Gasteiger partial charge in [-0.2, -0.15) is 0 Å². The van der Waals surface area contributed by atoms with Crippen molar-refractivity contribution in [3.05, 3.63) is 107 Å². The number of H-pyrrole nitrogens is 1. The van der Waals surface area contributed by atoms with Crippen LogP contribution in [0.1, 0.15) is 16.8 Å². The summed E-state index contributed by atoms with van der Waals surface area (Å²) in [7, 11) is 0. The van der Waals surface area contributed by atoms with E-state index in [1.165, 1.54) is 5.69 Å². The van der Waals surface area contributed by atoms with Crippen molar-refractivity contribution in [3.63, 3.8) is 0 Å². The molecule has 0 atom stereocenters. The summed E-state index contributed by atoms with van der Waals surface area (Å²) in [4.78, 5) is 15.5. The van der Waals surface area contributed by atoms with Gasteiger partial charge in [-0.05, 0) is 54.1 Å². The summed E-state index contributed by atoms with van der Waals surface area (Å²) in [6, 6.07) is 28.2. The molecule has 0 spiro atoms. The molecule has 1 aliphatic rings. The summed E-state index contributed by atoms with van der Waals surface area (Å²) in [5.41, 5.74) is 6.91. The number of nitrogens with zero attached hydrogens (tertiary/aromatic N) is 3. The number of hydrogen-bond acceptors (Lipinski definition) is 5. The molecule has 0 radical (unpaired) electrons. The molecule has 6 nitrogen and oxygen atoms in total. The van der Waals surface area contributed by atoms with E-state index in [1.54, 1.807) is 0 Å². The number of fused-ring (bicyclic) bond motifs is 1. The lowest BCUT2D eigenvalue weighted by Gasteiger charge is -2.28. The fraction of sp³-hybridized carbons (Fsp3) is 0.200. The van der Waals surface area contributed by atoms with E-state index in [0.29, 0.717) is 18.1 Å². The fourth-order valence-electron chi connectivity index (χ4n) is 4.60. The van der Waals surface area contributed by atoms with Gasteiger partial charge < -0.3 is 19.4 Å². The summed E-state index contributed by atoms with van der Waals surface area (Å²) in [5, 5.41) is 0.673. The van der Waals surface area contributed by atoms with Crippen molar-refractivity contribution in [2.75, 3.05) is 31.2 Å². The Morgan fingerprint density at radius 1 is 0.895 bits per heavy atom. The van der Waals surface area contributed by atoms with E-state index in [2.05, 4.69) is 40.2 Å². The molecule has 1 N–H and O–H groups in total. The van der Waals surface area contributed by atoms with Crippen LogP contribution in [0.5, 0.6) is 5.75 Å². The molecule has 3 aromatic carbocycles. The van der Waals surface area contributed by atoms with Gasteiger partial charge in [0, 0.05) is 41.5 Å². The van der Waals surface area contributed by atoms with Gasteiger partial charge in [-0.25, -0.2) is 9.97 Å². The normalized spacial score (nSPS) is 13.3. The Labute approximate surface area is 233 Å². The number of hydrogen-bond donors (Lipinski definition) is 1. The second-order valence-electron chi connectivity index (χ2n) is 9.10. The lowest BCUT2D eigenvalue weighted by Crippen LogP contribution is -2.36. The van der Waals surface area contributed by atoms with Gasteiger partial charge in [-0.1, -0.05) is 48.0 Å². The number of anilines is 1. The predicted molar refractivity (Wildman–Crippen MR) is 155 cm³/mol. The zero-order valence-electron chi connectivity index (χ0n) is 20.8. The standard InChI is InChI=1S/C30H27ClN4O2.ClH/c31-23-9-12-29(37-20-21-5-2-1-3-6-21)22(17-23)18-24-7-4-8-27(32-24)30-33-26-11-10-25(19-28(26)34-30)35-13-15-36-16-14-35;/h1-12,17,19H,13-16,18,20H2,(H,33,34);1H.